The van der Waals surface area contributed by atoms with Crippen LogP contribution in [0.15, 0.2) is 12.3 Å². The molecule has 0 spiro atoms. The predicted octanol–water partition coefficient (Wildman–Crippen LogP) is 1.99. The summed E-state index contributed by atoms with van der Waals surface area (Å²) < 4.78 is 0. The maximum absolute atomic E-state index is 11.1. The number of aromatic carboxylic acids is 1. The van der Waals surface area contributed by atoms with E-state index in [1.165, 1.54) is 6.20 Å². The Labute approximate surface area is 107 Å². The molecule has 1 aromatic heterocycles. The molecule has 5 nitrogen and oxygen atoms in total. The molecular weight excluding hydrogens is 230 g/mol. The van der Waals surface area contributed by atoms with E-state index >= 15 is 0 Å². The number of rotatable bonds is 3. The maximum atomic E-state index is 11.1. The quantitative estimate of drug-likeness (QED) is 0.856. The number of carbonyl (C=O) groups is 1. The first-order valence-corrected chi connectivity index (χ1v) is 6.26. The maximum Gasteiger partial charge on any atom is 0.337 e. The molecule has 1 aliphatic heterocycles. The molecule has 2 rings (SSSR count). The van der Waals surface area contributed by atoms with E-state index in [-0.39, 0.29) is 11.3 Å². The number of carboxylic acids is 1. The highest BCUT2D eigenvalue weighted by atomic mass is 16.4. The summed E-state index contributed by atoms with van der Waals surface area (Å²) in [6, 6.07) is 2.01. The van der Waals surface area contributed by atoms with Crippen LogP contribution in [0.1, 0.15) is 37.0 Å². The molecule has 0 aromatic carbocycles. The van der Waals surface area contributed by atoms with E-state index < -0.39 is 5.97 Å². The lowest BCUT2D eigenvalue weighted by atomic mass is 10.0. The number of nitrogens with two attached hydrogens (primary N) is 1. The lowest BCUT2D eigenvalue weighted by molar-refractivity contribution is 0.0698. The third-order valence-corrected chi connectivity index (χ3v) is 3.51. The van der Waals surface area contributed by atoms with Crippen LogP contribution in [0.4, 0.5) is 11.5 Å². The number of pyridine rings is 1. The normalized spacial score (nSPS) is 19.5. The summed E-state index contributed by atoms with van der Waals surface area (Å²) in [7, 11) is 0. The number of nitrogens with zero attached hydrogens (tertiary/aromatic N) is 2. The summed E-state index contributed by atoms with van der Waals surface area (Å²) in [6.07, 6.45) is 3.69. The number of hydrogen-bond donors (Lipinski definition) is 2. The third kappa shape index (κ3) is 2.25. The second kappa shape index (κ2) is 4.84. The highest BCUT2D eigenvalue weighted by Gasteiger charge is 2.28. The smallest absolute Gasteiger partial charge is 0.337 e. The van der Waals surface area contributed by atoms with Crippen LogP contribution in [-0.4, -0.2) is 28.6 Å². The van der Waals surface area contributed by atoms with Crippen LogP contribution in [0.5, 0.6) is 0 Å². The van der Waals surface area contributed by atoms with Crippen LogP contribution in [0.3, 0.4) is 0 Å². The standard InChI is InChI=1S/C13H19N3O2/c1-8(2)11-4-3-5-16(11)12-6-9(13(17)18)10(14)7-15-12/h6-8,11H,3-5,14H2,1-2H3,(H,17,18). The number of carboxylic acid groups (broad SMARTS) is 1. The first-order chi connectivity index (χ1) is 8.50. The minimum absolute atomic E-state index is 0.134. The second-order valence-corrected chi connectivity index (χ2v) is 5.08. The van der Waals surface area contributed by atoms with Crippen LogP contribution < -0.4 is 10.6 Å². The van der Waals surface area contributed by atoms with Crippen LogP contribution in [-0.2, 0) is 0 Å². The van der Waals surface area contributed by atoms with Gasteiger partial charge in [0.15, 0.2) is 0 Å². The number of nitrogen functional groups attached to an aromatic ring is 1. The van der Waals surface area contributed by atoms with Gasteiger partial charge in [0.2, 0.25) is 0 Å². The molecule has 0 saturated carbocycles. The van der Waals surface area contributed by atoms with Crippen LogP contribution in [0.25, 0.3) is 0 Å². The van der Waals surface area contributed by atoms with Crippen LogP contribution in [0.2, 0.25) is 0 Å². The van der Waals surface area contributed by atoms with Crippen LogP contribution in [0, 0.1) is 5.92 Å². The Morgan fingerprint density at radius 2 is 2.33 bits per heavy atom. The van der Waals surface area contributed by atoms with Gasteiger partial charge < -0.3 is 15.7 Å². The Kier molecular flexibility index (Phi) is 3.41. The Morgan fingerprint density at radius 3 is 2.94 bits per heavy atom. The molecule has 3 N–H and O–H groups in total. The highest BCUT2D eigenvalue weighted by Crippen LogP contribution is 2.29. The van der Waals surface area contributed by atoms with Gasteiger partial charge in [-0.2, -0.15) is 0 Å². The topological polar surface area (TPSA) is 79.5 Å². The predicted molar refractivity (Wildman–Crippen MR) is 70.8 cm³/mol. The zero-order chi connectivity index (χ0) is 13.3. The molecule has 0 bridgehead atoms. The van der Waals surface area contributed by atoms with Gasteiger partial charge in [0, 0.05) is 12.6 Å². The van der Waals surface area contributed by atoms with Crippen molar-refractivity contribution in [3.63, 3.8) is 0 Å². The molecule has 1 aromatic rings. The summed E-state index contributed by atoms with van der Waals surface area (Å²) in [5.41, 5.74) is 5.97. The van der Waals surface area contributed by atoms with Gasteiger partial charge in [-0.15, -0.1) is 0 Å². The van der Waals surface area contributed by atoms with Crippen molar-refractivity contribution in [3.8, 4) is 0 Å². The van der Waals surface area contributed by atoms with Gasteiger partial charge in [-0.05, 0) is 24.8 Å². The van der Waals surface area contributed by atoms with Crippen molar-refractivity contribution in [2.75, 3.05) is 17.2 Å². The number of hydrogen-bond acceptors (Lipinski definition) is 4. The van der Waals surface area contributed by atoms with Crippen molar-refractivity contribution in [1.29, 1.82) is 0 Å². The summed E-state index contributed by atoms with van der Waals surface area (Å²) in [6.45, 7) is 5.29. The van der Waals surface area contributed by atoms with Gasteiger partial charge in [-0.25, -0.2) is 9.78 Å². The fraction of sp³-hybridized carbons (Fsp3) is 0.538. The molecule has 1 atom stereocenters. The average molecular weight is 249 g/mol. The molecule has 1 saturated heterocycles. The third-order valence-electron chi connectivity index (χ3n) is 3.51. The Balaban J connectivity index is 2.33. The molecular formula is C13H19N3O2. The SMILES string of the molecule is CC(C)C1CCCN1c1cc(C(=O)O)c(N)cn1. The monoisotopic (exact) mass is 249 g/mol. The zero-order valence-electron chi connectivity index (χ0n) is 10.8. The molecule has 0 radical (unpaired) electrons. The van der Waals surface area contributed by atoms with Gasteiger partial charge in [0.25, 0.3) is 0 Å². The first kappa shape index (κ1) is 12.7. The summed E-state index contributed by atoms with van der Waals surface area (Å²) in [4.78, 5) is 17.5. The minimum atomic E-state index is -1.00. The van der Waals surface area contributed by atoms with Gasteiger partial charge in [-0.3, -0.25) is 0 Å². The van der Waals surface area contributed by atoms with E-state index in [2.05, 4.69) is 23.7 Å². The highest BCUT2D eigenvalue weighted by molar-refractivity contribution is 5.94. The molecule has 0 aliphatic carbocycles. The van der Waals surface area contributed by atoms with Crippen molar-refractivity contribution < 1.29 is 9.90 Å². The van der Waals surface area contributed by atoms with Crippen molar-refractivity contribution in [3.05, 3.63) is 17.8 Å². The zero-order valence-corrected chi connectivity index (χ0v) is 10.8. The van der Waals surface area contributed by atoms with Crippen molar-refractivity contribution in [2.24, 2.45) is 5.92 Å². The Bertz CT molecular complexity index is 460. The van der Waals surface area contributed by atoms with Gasteiger partial charge in [0.05, 0.1) is 17.4 Å². The summed E-state index contributed by atoms with van der Waals surface area (Å²) in [5.74, 6) is 0.245. The number of anilines is 2. The Morgan fingerprint density at radius 1 is 1.61 bits per heavy atom. The molecule has 1 aliphatic rings. The minimum Gasteiger partial charge on any atom is -0.478 e. The summed E-state index contributed by atoms with van der Waals surface area (Å²) in [5, 5.41) is 9.08. The lowest BCUT2D eigenvalue weighted by Gasteiger charge is -2.28. The van der Waals surface area contributed by atoms with Gasteiger partial charge in [-0.1, -0.05) is 13.8 Å². The van der Waals surface area contributed by atoms with E-state index in [1.807, 2.05) is 0 Å². The fourth-order valence-electron chi connectivity index (χ4n) is 2.57. The fourth-order valence-corrected chi connectivity index (χ4v) is 2.57. The molecule has 1 unspecified atom stereocenters. The number of aromatic nitrogens is 1. The molecule has 18 heavy (non-hydrogen) atoms. The molecule has 5 heteroatoms. The lowest BCUT2D eigenvalue weighted by Crippen LogP contribution is -2.34. The van der Waals surface area contributed by atoms with E-state index in [0.717, 1.165) is 25.2 Å². The van der Waals surface area contributed by atoms with Gasteiger partial charge in [0.1, 0.15) is 5.82 Å². The first-order valence-electron chi connectivity index (χ1n) is 6.26. The molecule has 98 valence electrons. The molecule has 1 fully saturated rings. The largest absolute Gasteiger partial charge is 0.478 e. The van der Waals surface area contributed by atoms with E-state index in [1.54, 1.807) is 6.07 Å². The van der Waals surface area contributed by atoms with Gasteiger partial charge >= 0.3 is 5.97 Å². The molecule has 2 heterocycles. The van der Waals surface area contributed by atoms with Crippen molar-refractivity contribution >= 4 is 17.5 Å². The molecule has 0 amide bonds. The van der Waals surface area contributed by atoms with Crippen LogP contribution >= 0.6 is 0 Å². The van der Waals surface area contributed by atoms with E-state index in [4.69, 9.17) is 10.8 Å². The van der Waals surface area contributed by atoms with E-state index in [9.17, 15) is 4.79 Å². The summed E-state index contributed by atoms with van der Waals surface area (Å²) >= 11 is 0. The second-order valence-electron chi connectivity index (χ2n) is 5.08. The van der Waals surface area contributed by atoms with Crippen molar-refractivity contribution in [1.82, 2.24) is 4.98 Å². The Hall–Kier alpha value is -1.78. The average Bonchev–Trinajstić information content (AvgIpc) is 2.78. The van der Waals surface area contributed by atoms with E-state index in [0.29, 0.717) is 12.0 Å². The van der Waals surface area contributed by atoms with Crippen molar-refractivity contribution in [2.45, 2.75) is 32.7 Å².